The molecule has 0 unspecified atom stereocenters. The van der Waals surface area contributed by atoms with Crippen molar-refractivity contribution in [3.63, 3.8) is 0 Å². The van der Waals surface area contributed by atoms with Crippen molar-refractivity contribution in [3.05, 3.63) is 53.0 Å². The molecule has 0 fully saturated rings. The minimum Gasteiger partial charge on any atom is -0.450 e. The lowest BCUT2D eigenvalue weighted by atomic mass is 10.2. The Morgan fingerprint density at radius 2 is 2.05 bits per heavy atom. The number of rotatable bonds is 2. The van der Waals surface area contributed by atoms with Crippen LogP contribution in [0.15, 0.2) is 47.2 Å². The molecule has 0 aliphatic rings. The van der Waals surface area contributed by atoms with Crippen LogP contribution in [0, 0.1) is 5.82 Å². The van der Waals surface area contributed by atoms with Gasteiger partial charge in [-0.05, 0) is 34.1 Å². The van der Waals surface area contributed by atoms with Gasteiger partial charge in [0.25, 0.3) is 0 Å². The fraction of sp³-hybridized carbons (Fsp3) is 0. The summed E-state index contributed by atoms with van der Waals surface area (Å²) in [5, 5.41) is 0. The van der Waals surface area contributed by atoms with Gasteiger partial charge in [-0.1, -0.05) is 6.07 Å². The molecule has 0 radical (unpaired) electrons. The van der Waals surface area contributed by atoms with Crippen LogP contribution in [0.1, 0.15) is 0 Å². The summed E-state index contributed by atoms with van der Waals surface area (Å²) in [6.45, 7) is 0. The number of nitrogens with two attached hydrogens (primary N) is 1. The Morgan fingerprint density at radius 3 is 2.85 bits per heavy atom. The summed E-state index contributed by atoms with van der Waals surface area (Å²) >= 11 is 3.32. The number of hydrogen-bond donors (Lipinski definition) is 1. The molecule has 0 spiro atoms. The standard InChI is InChI=1S/C14H9BrFN3O/c15-8-6-11-13(19-7-8)12(4-5-18-11)20-14-9(16)2-1-3-10(14)17/h1-7H,17H2. The highest BCUT2D eigenvalue weighted by Crippen LogP contribution is 2.33. The van der Waals surface area contributed by atoms with E-state index in [1.807, 2.05) is 0 Å². The predicted molar refractivity (Wildman–Crippen MR) is 78.1 cm³/mol. The topological polar surface area (TPSA) is 61.0 Å². The highest BCUT2D eigenvalue weighted by atomic mass is 79.9. The molecule has 100 valence electrons. The fourth-order valence-electron chi connectivity index (χ4n) is 1.81. The number of halogens is 2. The third-order valence-electron chi connectivity index (χ3n) is 2.72. The molecule has 3 rings (SSSR count). The smallest absolute Gasteiger partial charge is 0.185 e. The van der Waals surface area contributed by atoms with E-state index in [0.717, 1.165) is 4.47 Å². The zero-order valence-corrected chi connectivity index (χ0v) is 11.8. The van der Waals surface area contributed by atoms with Crippen LogP contribution in [0.2, 0.25) is 0 Å². The fourth-order valence-corrected chi connectivity index (χ4v) is 2.13. The van der Waals surface area contributed by atoms with Crippen LogP contribution >= 0.6 is 15.9 Å². The quantitative estimate of drug-likeness (QED) is 0.722. The molecule has 0 bridgehead atoms. The first-order valence-electron chi connectivity index (χ1n) is 5.77. The van der Waals surface area contributed by atoms with Crippen LogP contribution < -0.4 is 10.5 Å². The number of nitrogen functional groups attached to an aromatic ring is 1. The third-order valence-corrected chi connectivity index (χ3v) is 3.15. The number of pyridine rings is 2. The van der Waals surface area contributed by atoms with Crippen molar-refractivity contribution < 1.29 is 9.13 Å². The van der Waals surface area contributed by atoms with Crippen LogP contribution in [-0.4, -0.2) is 9.97 Å². The first-order chi connectivity index (χ1) is 9.65. The van der Waals surface area contributed by atoms with Gasteiger partial charge < -0.3 is 10.5 Å². The maximum absolute atomic E-state index is 13.8. The van der Waals surface area contributed by atoms with Gasteiger partial charge in [0.2, 0.25) is 0 Å². The van der Waals surface area contributed by atoms with Crippen molar-refractivity contribution in [2.24, 2.45) is 0 Å². The van der Waals surface area contributed by atoms with Gasteiger partial charge in [-0.2, -0.15) is 0 Å². The van der Waals surface area contributed by atoms with Crippen molar-refractivity contribution in [2.75, 3.05) is 5.73 Å². The van der Waals surface area contributed by atoms with Gasteiger partial charge in [0.05, 0.1) is 11.2 Å². The van der Waals surface area contributed by atoms with E-state index in [0.29, 0.717) is 16.8 Å². The van der Waals surface area contributed by atoms with Crippen LogP contribution in [0.25, 0.3) is 11.0 Å². The molecule has 0 amide bonds. The molecule has 0 aliphatic carbocycles. The van der Waals surface area contributed by atoms with E-state index >= 15 is 0 Å². The van der Waals surface area contributed by atoms with Crippen LogP contribution in [0.5, 0.6) is 11.5 Å². The number of benzene rings is 1. The highest BCUT2D eigenvalue weighted by molar-refractivity contribution is 9.10. The second kappa shape index (κ2) is 5.05. The average Bonchev–Trinajstić information content (AvgIpc) is 2.42. The molecule has 4 nitrogen and oxygen atoms in total. The minimum atomic E-state index is -0.521. The first kappa shape index (κ1) is 12.8. The van der Waals surface area contributed by atoms with E-state index in [-0.39, 0.29) is 11.4 Å². The molecule has 1 aromatic carbocycles. The van der Waals surface area contributed by atoms with Crippen molar-refractivity contribution in [3.8, 4) is 11.5 Å². The summed E-state index contributed by atoms with van der Waals surface area (Å²) in [5.74, 6) is -0.129. The van der Waals surface area contributed by atoms with Crippen LogP contribution in [-0.2, 0) is 0 Å². The van der Waals surface area contributed by atoms with Gasteiger partial charge in [0, 0.05) is 22.9 Å². The van der Waals surface area contributed by atoms with Crippen molar-refractivity contribution >= 4 is 32.7 Å². The maximum Gasteiger partial charge on any atom is 0.185 e. The Kier molecular flexibility index (Phi) is 3.23. The van der Waals surface area contributed by atoms with E-state index in [1.54, 1.807) is 30.6 Å². The molecule has 0 saturated carbocycles. The molecule has 2 N–H and O–H groups in total. The first-order valence-corrected chi connectivity index (χ1v) is 6.56. The summed E-state index contributed by atoms with van der Waals surface area (Å²) < 4.78 is 20.1. The summed E-state index contributed by atoms with van der Waals surface area (Å²) in [7, 11) is 0. The normalized spacial score (nSPS) is 10.7. The van der Waals surface area contributed by atoms with Gasteiger partial charge in [0.15, 0.2) is 17.3 Å². The zero-order chi connectivity index (χ0) is 14.1. The van der Waals surface area contributed by atoms with E-state index in [1.165, 1.54) is 12.1 Å². The molecule has 6 heteroatoms. The lowest BCUT2D eigenvalue weighted by Gasteiger charge is -2.10. The minimum absolute atomic E-state index is 0.00952. The number of aromatic nitrogens is 2. The average molecular weight is 334 g/mol. The summed E-state index contributed by atoms with van der Waals surface area (Å²) in [5.41, 5.74) is 7.14. The second-order valence-electron chi connectivity index (χ2n) is 4.09. The molecule has 3 aromatic rings. The maximum atomic E-state index is 13.8. The monoisotopic (exact) mass is 333 g/mol. The number of hydrogen-bond acceptors (Lipinski definition) is 4. The Morgan fingerprint density at radius 1 is 1.20 bits per heavy atom. The zero-order valence-electron chi connectivity index (χ0n) is 10.2. The number of ether oxygens (including phenoxy) is 1. The summed E-state index contributed by atoms with van der Waals surface area (Å²) in [6.07, 6.45) is 3.20. The largest absolute Gasteiger partial charge is 0.450 e. The van der Waals surface area contributed by atoms with E-state index in [9.17, 15) is 4.39 Å². The third kappa shape index (κ3) is 2.30. The van der Waals surface area contributed by atoms with Crippen LogP contribution in [0.4, 0.5) is 10.1 Å². The van der Waals surface area contributed by atoms with Crippen molar-refractivity contribution in [2.45, 2.75) is 0 Å². The predicted octanol–water partition coefficient (Wildman–Crippen LogP) is 3.91. The number of nitrogens with zero attached hydrogens (tertiary/aromatic N) is 2. The van der Waals surface area contributed by atoms with Gasteiger partial charge in [-0.15, -0.1) is 0 Å². The van der Waals surface area contributed by atoms with E-state index in [4.69, 9.17) is 10.5 Å². The van der Waals surface area contributed by atoms with E-state index in [2.05, 4.69) is 25.9 Å². The summed E-state index contributed by atoms with van der Waals surface area (Å²) in [4.78, 5) is 8.43. The Bertz CT molecular complexity index is 774. The van der Waals surface area contributed by atoms with Gasteiger partial charge in [-0.25, -0.2) is 9.37 Å². The van der Waals surface area contributed by atoms with Crippen LogP contribution in [0.3, 0.4) is 0 Å². The summed E-state index contributed by atoms with van der Waals surface area (Å²) in [6, 6.07) is 7.82. The highest BCUT2D eigenvalue weighted by Gasteiger charge is 2.12. The Labute approximate surface area is 122 Å². The Hall–Kier alpha value is -2.21. The molecular formula is C14H9BrFN3O. The number of para-hydroxylation sites is 1. The molecule has 0 aliphatic heterocycles. The molecule has 0 saturated heterocycles. The van der Waals surface area contributed by atoms with Gasteiger partial charge >= 0.3 is 0 Å². The molecule has 2 heterocycles. The van der Waals surface area contributed by atoms with E-state index < -0.39 is 5.82 Å². The second-order valence-corrected chi connectivity index (χ2v) is 5.01. The SMILES string of the molecule is Nc1cccc(F)c1Oc1ccnc2cc(Br)cnc12. The van der Waals surface area contributed by atoms with Crippen molar-refractivity contribution in [1.29, 1.82) is 0 Å². The Balaban J connectivity index is 2.11. The van der Waals surface area contributed by atoms with Gasteiger partial charge in [-0.3, -0.25) is 4.98 Å². The number of anilines is 1. The van der Waals surface area contributed by atoms with Gasteiger partial charge in [0.1, 0.15) is 5.52 Å². The number of fused-ring (bicyclic) bond motifs is 1. The molecule has 20 heavy (non-hydrogen) atoms. The molecule has 2 aromatic heterocycles. The van der Waals surface area contributed by atoms with Crippen molar-refractivity contribution in [1.82, 2.24) is 9.97 Å². The lowest BCUT2D eigenvalue weighted by Crippen LogP contribution is -1.96. The molecule has 0 atom stereocenters. The molecular weight excluding hydrogens is 325 g/mol. The lowest BCUT2D eigenvalue weighted by molar-refractivity contribution is 0.448.